The van der Waals surface area contributed by atoms with E-state index in [2.05, 4.69) is 31.0 Å². The summed E-state index contributed by atoms with van der Waals surface area (Å²) in [7, 11) is 0. The molecule has 78 valence electrons. The highest BCUT2D eigenvalue weighted by atomic mass is 14.7. The quantitative estimate of drug-likeness (QED) is 0.798. The van der Waals surface area contributed by atoms with Crippen molar-refractivity contribution < 1.29 is 0 Å². The first-order valence-electron chi connectivity index (χ1n) is 5.10. The van der Waals surface area contributed by atoms with Gasteiger partial charge in [0.25, 0.3) is 0 Å². The van der Waals surface area contributed by atoms with E-state index in [4.69, 9.17) is 5.73 Å². The monoisotopic (exact) mass is 192 g/mol. The normalized spacial score (nSPS) is 14.1. The Hall–Kier alpha value is -0.890. The summed E-state index contributed by atoms with van der Waals surface area (Å²) in [5.74, 6) is 0. The lowest BCUT2D eigenvalue weighted by Gasteiger charge is -2.26. The van der Waals surface area contributed by atoms with Gasteiger partial charge in [0.1, 0.15) is 0 Å². The van der Waals surface area contributed by atoms with E-state index in [1.807, 2.05) is 20.0 Å². The lowest BCUT2D eigenvalue weighted by molar-refractivity contribution is 0.436. The topological polar surface area (TPSA) is 38.9 Å². The molecule has 1 atom stereocenters. The van der Waals surface area contributed by atoms with Crippen molar-refractivity contribution in [3.8, 4) is 0 Å². The second-order valence-corrected chi connectivity index (χ2v) is 4.75. The number of nitrogens with two attached hydrogens (primary N) is 1. The molecule has 0 aromatic carbocycles. The van der Waals surface area contributed by atoms with E-state index in [1.165, 1.54) is 5.56 Å². The predicted octanol–water partition coefficient (Wildman–Crippen LogP) is 2.40. The predicted molar refractivity (Wildman–Crippen MR) is 60.3 cm³/mol. The van der Waals surface area contributed by atoms with Crippen molar-refractivity contribution >= 4 is 0 Å². The first kappa shape index (κ1) is 11.2. The SMILES string of the molecule is Cc1ccc(C(C)(C)CC(C)N)cn1. The van der Waals surface area contributed by atoms with Crippen LogP contribution >= 0.6 is 0 Å². The minimum Gasteiger partial charge on any atom is -0.328 e. The lowest BCUT2D eigenvalue weighted by atomic mass is 9.80. The molecule has 2 heteroatoms. The van der Waals surface area contributed by atoms with Crippen molar-refractivity contribution in [3.05, 3.63) is 29.6 Å². The fourth-order valence-corrected chi connectivity index (χ4v) is 1.79. The third-order valence-corrected chi connectivity index (χ3v) is 2.53. The lowest BCUT2D eigenvalue weighted by Crippen LogP contribution is -2.28. The van der Waals surface area contributed by atoms with Gasteiger partial charge in [0.2, 0.25) is 0 Å². The number of hydrogen-bond donors (Lipinski definition) is 1. The third-order valence-electron chi connectivity index (χ3n) is 2.53. The van der Waals surface area contributed by atoms with E-state index >= 15 is 0 Å². The third kappa shape index (κ3) is 2.81. The van der Waals surface area contributed by atoms with Gasteiger partial charge in [-0.2, -0.15) is 0 Å². The van der Waals surface area contributed by atoms with Gasteiger partial charge in [-0.1, -0.05) is 19.9 Å². The van der Waals surface area contributed by atoms with Crippen LogP contribution in [0.25, 0.3) is 0 Å². The first-order valence-corrected chi connectivity index (χ1v) is 5.10. The highest BCUT2D eigenvalue weighted by Gasteiger charge is 2.22. The van der Waals surface area contributed by atoms with Crippen LogP contribution in [-0.4, -0.2) is 11.0 Å². The zero-order valence-electron chi connectivity index (χ0n) is 9.54. The highest BCUT2D eigenvalue weighted by molar-refractivity contribution is 5.22. The second kappa shape index (κ2) is 4.09. The minimum atomic E-state index is 0.120. The Kier molecular flexibility index (Phi) is 3.27. The van der Waals surface area contributed by atoms with Crippen LogP contribution < -0.4 is 5.73 Å². The zero-order chi connectivity index (χ0) is 10.8. The Balaban J connectivity index is 2.86. The maximum Gasteiger partial charge on any atom is 0.0372 e. The van der Waals surface area contributed by atoms with E-state index in [1.54, 1.807) is 0 Å². The summed E-state index contributed by atoms with van der Waals surface area (Å²) in [5.41, 5.74) is 8.27. The molecule has 0 bridgehead atoms. The summed E-state index contributed by atoms with van der Waals surface area (Å²) in [6, 6.07) is 4.43. The molecular formula is C12H20N2. The van der Waals surface area contributed by atoms with Crippen LogP contribution in [-0.2, 0) is 5.41 Å². The number of aryl methyl sites for hydroxylation is 1. The van der Waals surface area contributed by atoms with Crippen LogP contribution in [0, 0.1) is 6.92 Å². The van der Waals surface area contributed by atoms with Crippen LogP contribution in [0.2, 0.25) is 0 Å². The first-order chi connectivity index (χ1) is 6.42. The molecule has 14 heavy (non-hydrogen) atoms. The molecule has 0 aliphatic carbocycles. The van der Waals surface area contributed by atoms with E-state index < -0.39 is 0 Å². The van der Waals surface area contributed by atoms with Crippen molar-refractivity contribution in [2.75, 3.05) is 0 Å². The molecule has 0 aliphatic rings. The van der Waals surface area contributed by atoms with E-state index in [9.17, 15) is 0 Å². The van der Waals surface area contributed by atoms with Crippen molar-refractivity contribution in [2.45, 2.75) is 45.6 Å². The Morgan fingerprint density at radius 2 is 2.07 bits per heavy atom. The van der Waals surface area contributed by atoms with Crippen molar-refractivity contribution in [1.29, 1.82) is 0 Å². The molecule has 1 aromatic rings. The van der Waals surface area contributed by atoms with Crippen LogP contribution in [0.5, 0.6) is 0 Å². The molecule has 0 radical (unpaired) electrons. The second-order valence-electron chi connectivity index (χ2n) is 4.75. The number of rotatable bonds is 3. The maximum atomic E-state index is 5.83. The van der Waals surface area contributed by atoms with Crippen LogP contribution in [0.1, 0.15) is 38.4 Å². The summed E-state index contributed by atoms with van der Waals surface area (Å²) < 4.78 is 0. The molecule has 1 unspecified atom stereocenters. The van der Waals surface area contributed by atoms with E-state index in [-0.39, 0.29) is 11.5 Å². The fraction of sp³-hybridized carbons (Fsp3) is 0.583. The summed E-state index contributed by atoms with van der Waals surface area (Å²) in [5, 5.41) is 0. The van der Waals surface area contributed by atoms with Crippen LogP contribution in [0.15, 0.2) is 18.3 Å². The number of nitrogens with zero attached hydrogens (tertiary/aromatic N) is 1. The van der Waals surface area contributed by atoms with E-state index in [0.717, 1.165) is 12.1 Å². The molecular weight excluding hydrogens is 172 g/mol. The number of aromatic nitrogens is 1. The van der Waals surface area contributed by atoms with Gasteiger partial charge < -0.3 is 5.73 Å². The molecule has 1 aromatic heterocycles. The minimum absolute atomic E-state index is 0.120. The standard InChI is InChI=1S/C12H20N2/c1-9(13)7-12(3,4)11-6-5-10(2)14-8-11/h5-6,8-9H,7,13H2,1-4H3. The van der Waals surface area contributed by atoms with Gasteiger partial charge in [0.15, 0.2) is 0 Å². The summed E-state index contributed by atoms with van der Waals surface area (Å²) in [6.45, 7) is 8.47. The molecule has 0 spiro atoms. The van der Waals surface area contributed by atoms with Crippen molar-refractivity contribution in [3.63, 3.8) is 0 Å². The van der Waals surface area contributed by atoms with Gasteiger partial charge in [-0.25, -0.2) is 0 Å². The molecule has 0 saturated heterocycles. The smallest absolute Gasteiger partial charge is 0.0372 e. The number of pyridine rings is 1. The summed E-state index contributed by atoms with van der Waals surface area (Å²) in [6.07, 6.45) is 2.94. The molecule has 0 fully saturated rings. The molecule has 1 rings (SSSR count). The molecule has 1 heterocycles. The summed E-state index contributed by atoms with van der Waals surface area (Å²) in [4.78, 5) is 4.31. The van der Waals surface area contributed by atoms with Gasteiger partial charge in [-0.15, -0.1) is 0 Å². The van der Waals surface area contributed by atoms with Crippen LogP contribution in [0.3, 0.4) is 0 Å². The maximum absolute atomic E-state index is 5.83. The van der Waals surface area contributed by atoms with Crippen molar-refractivity contribution in [1.82, 2.24) is 4.98 Å². The Morgan fingerprint density at radius 3 is 2.50 bits per heavy atom. The summed E-state index contributed by atoms with van der Waals surface area (Å²) >= 11 is 0. The fourth-order valence-electron chi connectivity index (χ4n) is 1.79. The van der Waals surface area contributed by atoms with Gasteiger partial charge in [-0.05, 0) is 37.3 Å². The van der Waals surface area contributed by atoms with Gasteiger partial charge in [0.05, 0.1) is 0 Å². The molecule has 0 saturated carbocycles. The molecule has 2 N–H and O–H groups in total. The average Bonchev–Trinajstić information content (AvgIpc) is 2.02. The number of hydrogen-bond acceptors (Lipinski definition) is 2. The Bertz CT molecular complexity index is 286. The molecule has 0 aliphatic heterocycles. The van der Waals surface area contributed by atoms with Gasteiger partial charge in [0, 0.05) is 17.9 Å². The van der Waals surface area contributed by atoms with Crippen LogP contribution in [0.4, 0.5) is 0 Å². The van der Waals surface area contributed by atoms with Gasteiger partial charge >= 0.3 is 0 Å². The highest BCUT2D eigenvalue weighted by Crippen LogP contribution is 2.27. The zero-order valence-corrected chi connectivity index (χ0v) is 9.54. The van der Waals surface area contributed by atoms with Gasteiger partial charge in [-0.3, -0.25) is 4.98 Å². The molecule has 0 amide bonds. The molecule has 2 nitrogen and oxygen atoms in total. The van der Waals surface area contributed by atoms with E-state index in [0.29, 0.717) is 0 Å². The Labute approximate surface area is 86.5 Å². The Morgan fingerprint density at radius 1 is 1.43 bits per heavy atom. The average molecular weight is 192 g/mol. The largest absolute Gasteiger partial charge is 0.328 e. The van der Waals surface area contributed by atoms with Crippen molar-refractivity contribution in [2.24, 2.45) is 5.73 Å².